The molecule has 1 aromatic carbocycles. The van der Waals surface area contributed by atoms with Crippen LogP contribution in [0.3, 0.4) is 0 Å². The molecule has 1 aliphatic heterocycles. The molecular formula is C13H14O6. The molecule has 102 valence electrons. The summed E-state index contributed by atoms with van der Waals surface area (Å²) < 4.78 is 5.48. The van der Waals surface area contributed by atoms with Crippen molar-refractivity contribution < 1.29 is 29.6 Å². The summed E-state index contributed by atoms with van der Waals surface area (Å²) in [6.45, 7) is 1.70. The third kappa shape index (κ3) is 2.53. The zero-order valence-electron chi connectivity index (χ0n) is 10.3. The predicted octanol–water partition coefficient (Wildman–Crippen LogP) is 1.22. The molecule has 0 fully saturated rings. The maximum absolute atomic E-state index is 10.9. The molecule has 6 nitrogen and oxygen atoms in total. The number of aliphatic carboxylic acids is 1. The third-order valence-corrected chi connectivity index (χ3v) is 3.13. The number of benzene rings is 1. The number of fused-ring (bicyclic) bond motifs is 1. The van der Waals surface area contributed by atoms with Gasteiger partial charge < -0.3 is 20.1 Å². The van der Waals surface area contributed by atoms with E-state index >= 15 is 0 Å². The van der Waals surface area contributed by atoms with Gasteiger partial charge in [-0.1, -0.05) is 6.07 Å². The van der Waals surface area contributed by atoms with Crippen LogP contribution in [0.25, 0.3) is 0 Å². The highest BCUT2D eigenvalue weighted by Crippen LogP contribution is 2.41. The number of aliphatic hydroxyl groups is 1. The summed E-state index contributed by atoms with van der Waals surface area (Å²) in [6.07, 6.45) is -0.681. The fourth-order valence-corrected chi connectivity index (χ4v) is 2.40. The Morgan fingerprint density at radius 1 is 1.42 bits per heavy atom. The molecule has 3 N–H and O–H groups in total. The molecule has 1 aliphatic rings. The Bertz CT molecular complexity index is 538. The molecule has 2 rings (SSSR count). The molecule has 6 heteroatoms. The highest BCUT2D eigenvalue weighted by molar-refractivity contribution is 5.88. The maximum Gasteiger partial charge on any atom is 0.335 e. The summed E-state index contributed by atoms with van der Waals surface area (Å²) in [5.74, 6) is -2.00. The Morgan fingerprint density at radius 2 is 2.11 bits per heavy atom. The number of aromatic carboxylic acids is 1. The quantitative estimate of drug-likeness (QED) is 0.759. The van der Waals surface area contributed by atoms with Gasteiger partial charge in [-0.2, -0.15) is 0 Å². The molecule has 0 aliphatic carbocycles. The van der Waals surface area contributed by atoms with Crippen LogP contribution in [0.5, 0.6) is 5.75 Å². The van der Waals surface area contributed by atoms with Crippen molar-refractivity contribution in [2.45, 2.75) is 31.5 Å². The fraction of sp³-hybridized carbons (Fsp3) is 0.385. The van der Waals surface area contributed by atoms with E-state index in [4.69, 9.17) is 14.9 Å². The van der Waals surface area contributed by atoms with Crippen LogP contribution in [-0.4, -0.2) is 33.4 Å². The lowest BCUT2D eigenvalue weighted by atomic mass is 9.82. The van der Waals surface area contributed by atoms with E-state index in [9.17, 15) is 14.7 Å². The third-order valence-electron chi connectivity index (χ3n) is 3.13. The Morgan fingerprint density at radius 3 is 2.68 bits per heavy atom. The SMILES string of the molecule is C[C@@H]1C[C@@](O)(CC(=O)O)c2ccc(C(=O)O)cc2O1. The molecule has 2 atom stereocenters. The fourth-order valence-electron chi connectivity index (χ4n) is 2.40. The molecule has 0 radical (unpaired) electrons. The molecule has 0 amide bonds. The Balaban J connectivity index is 2.49. The van der Waals surface area contributed by atoms with Crippen molar-refractivity contribution in [3.05, 3.63) is 29.3 Å². The Labute approximate surface area is 109 Å². The van der Waals surface area contributed by atoms with Gasteiger partial charge in [-0.15, -0.1) is 0 Å². The minimum Gasteiger partial charge on any atom is -0.490 e. The minimum atomic E-state index is -1.53. The van der Waals surface area contributed by atoms with Crippen molar-refractivity contribution in [1.82, 2.24) is 0 Å². The lowest BCUT2D eigenvalue weighted by molar-refractivity contribution is -0.145. The molecule has 0 saturated carbocycles. The van der Waals surface area contributed by atoms with Gasteiger partial charge in [-0.25, -0.2) is 4.79 Å². The van der Waals surface area contributed by atoms with E-state index in [1.165, 1.54) is 18.2 Å². The number of carboxylic acid groups (broad SMARTS) is 2. The van der Waals surface area contributed by atoms with Crippen molar-refractivity contribution in [2.75, 3.05) is 0 Å². The topological polar surface area (TPSA) is 104 Å². The second-order valence-electron chi connectivity index (χ2n) is 4.75. The van der Waals surface area contributed by atoms with E-state index in [2.05, 4.69) is 0 Å². The molecule has 19 heavy (non-hydrogen) atoms. The molecule has 0 unspecified atom stereocenters. The first-order valence-corrected chi connectivity index (χ1v) is 5.80. The highest BCUT2D eigenvalue weighted by Gasteiger charge is 2.40. The van der Waals surface area contributed by atoms with E-state index in [1.54, 1.807) is 6.92 Å². The minimum absolute atomic E-state index is 0.0329. The van der Waals surface area contributed by atoms with Gasteiger partial charge in [0, 0.05) is 12.0 Å². The van der Waals surface area contributed by atoms with E-state index in [1.807, 2.05) is 0 Å². The van der Waals surface area contributed by atoms with Gasteiger partial charge >= 0.3 is 11.9 Å². The monoisotopic (exact) mass is 266 g/mol. The first-order chi connectivity index (χ1) is 8.82. The second-order valence-corrected chi connectivity index (χ2v) is 4.75. The van der Waals surface area contributed by atoms with Gasteiger partial charge in [0.25, 0.3) is 0 Å². The summed E-state index contributed by atoms with van der Waals surface area (Å²) in [5.41, 5.74) is -1.18. The van der Waals surface area contributed by atoms with Crippen LogP contribution in [0.4, 0.5) is 0 Å². The molecule has 1 heterocycles. The van der Waals surface area contributed by atoms with E-state index in [-0.39, 0.29) is 23.8 Å². The van der Waals surface area contributed by atoms with E-state index in [0.717, 1.165) is 0 Å². The number of rotatable bonds is 3. The maximum atomic E-state index is 10.9. The number of hydrogen-bond acceptors (Lipinski definition) is 4. The van der Waals surface area contributed by atoms with Crippen LogP contribution in [0.1, 0.15) is 35.7 Å². The summed E-state index contributed by atoms with van der Waals surface area (Å²) in [4.78, 5) is 21.8. The molecule has 0 aromatic heterocycles. The summed E-state index contributed by atoms with van der Waals surface area (Å²) in [7, 11) is 0. The van der Waals surface area contributed by atoms with Crippen LogP contribution in [-0.2, 0) is 10.4 Å². The van der Waals surface area contributed by atoms with Gasteiger partial charge in [0.1, 0.15) is 11.4 Å². The van der Waals surface area contributed by atoms with Crippen LogP contribution in [0, 0.1) is 0 Å². The smallest absolute Gasteiger partial charge is 0.335 e. The summed E-state index contributed by atoms with van der Waals surface area (Å²) in [5, 5.41) is 28.3. The number of carboxylic acids is 2. The molecule has 1 aromatic rings. The van der Waals surface area contributed by atoms with Gasteiger partial charge in [0.15, 0.2) is 0 Å². The average Bonchev–Trinajstić information content (AvgIpc) is 2.25. The van der Waals surface area contributed by atoms with Crippen molar-refractivity contribution in [1.29, 1.82) is 0 Å². The molecular weight excluding hydrogens is 252 g/mol. The van der Waals surface area contributed by atoms with Crippen molar-refractivity contribution >= 4 is 11.9 Å². The van der Waals surface area contributed by atoms with Crippen molar-refractivity contribution in [3.8, 4) is 5.75 Å². The first-order valence-electron chi connectivity index (χ1n) is 5.80. The number of hydrogen-bond donors (Lipinski definition) is 3. The standard InChI is InChI=1S/C13H14O6/c1-7-5-13(18,6-11(14)15)9-3-2-8(12(16)17)4-10(9)19-7/h2-4,7,18H,5-6H2,1H3,(H,14,15)(H,16,17)/t7-,13-/m1/s1. The molecule has 0 spiro atoms. The zero-order chi connectivity index (χ0) is 14.2. The lowest BCUT2D eigenvalue weighted by Gasteiger charge is -2.36. The average molecular weight is 266 g/mol. The highest BCUT2D eigenvalue weighted by atomic mass is 16.5. The Hall–Kier alpha value is -2.08. The van der Waals surface area contributed by atoms with Gasteiger partial charge in [-0.05, 0) is 19.1 Å². The molecule has 0 saturated heterocycles. The Kier molecular flexibility index (Phi) is 3.20. The lowest BCUT2D eigenvalue weighted by Crippen LogP contribution is -2.39. The van der Waals surface area contributed by atoms with Crippen LogP contribution >= 0.6 is 0 Å². The van der Waals surface area contributed by atoms with Crippen molar-refractivity contribution in [2.24, 2.45) is 0 Å². The van der Waals surface area contributed by atoms with E-state index in [0.29, 0.717) is 5.56 Å². The zero-order valence-corrected chi connectivity index (χ0v) is 10.3. The summed E-state index contributed by atoms with van der Waals surface area (Å²) in [6, 6.07) is 4.04. The van der Waals surface area contributed by atoms with Crippen LogP contribution in [0.15, 0.2) is 18.2 Å². The summed E-state index contributed by atoms with van der Waals surface area (Å²) >= 11 is 0. The van der Waals surface area contributed by atoms with Crippen LogP contribution < -0.4 is 4.74 Å². The number of carbonyl (C=O) groups is 2. The predicted molar refractivity (Wildman–Crippen MR) is 64.3 cm³/mol. The second kappa shape index (κ2) is 4.55. The van der Waals surface area contributed by atoms with Gasteiger partial charge in [-0.3, -0.25) is 4.79 Å². The molecule has 0 bridgehead atoms. The first kappa shape index (κ1) is 13.4. The van der Waals surface area contributed by atoms with E-state index < -0.39 is 24.0 Å². The van der Waals surface area contributed by atoms with Gasteiger partial charge in [0.05, 0.1) is 18.1 Å². The number of ether oxygens (including phenoxy) is 1. The normalized spacial score (nSPS) is 25.3. The van der Waals surface area contributed by atoms with Gasteiger partial charge in [0.2, 0.25) is 0 Å². The largest absolute Gasteiger partial charge is 0.490 e. The van der Waals surface area contributed by atoms with Crippen LogP contribution in [0.2, 0.25) is 0 Å². The van der Waals surface area contributed by atoms with Crippen molar-refractivity contribution in [3.63, 3.8) is 0 Å².